The van der Waals surface area contributed by atoms with E-state index in [-0.39, 0.29) is 57.3 Å². The van der Waals surface area contributed by atoms with Gasteiger partial charge in [-0.1, -0.05) is 27.7 Å². The topological polar surface area (TPSA) is 78.3 Å². The van der Waals surface area contributed by atoms with Crippen LogP contribution in [0.1, 0.15) is 61.8 Å². The van der Waals surface area contributed by atoms with E-state index in [1.807, 2.05) is 27.7 Å². The predicted molar refractivity (Wildman–Crippen MR) is 133 cm³/mol. The summed E-state index contributed by atoms with van der Waals surface area (Å²) in [6, 6.07) is 6.05. The van der Waals surface area contributed by atoms with Crippen molar-refractivity contribution in [3.8, 4) is 23.3 Å². The summed E-state index contributed by atoms with van der Waals surface area (Å²) in [5.41, 5.74) is 0.382. The number of rotatable bonds is 4. The van der Waals surface area contributed by atoms with Crippen LogP contribution in [-0.4, -0.2) is 9.97 Å². The molecule has 0 radical (unpaired) electrons. The van der Waals surface area contributed by atoms with Crippen LogP contribution in [0.5, 0.6) is 0 Å². The standard InChI is InChI=1S/C28H20F6N2O4/c1-11(2)19-21-22(40-23(19)25-35-15-7-5-13(27(29,30)31)9-17(15)37-25)20(12(3)4)24(39-21)26-36-16-8-6-14(28(32,33)34)10-18(16)38-26/h5-12H,1-4H3. The highest BCUT2D eigenvalue weighted by atomic mass is 19.4. The number of furan rings is 2. The summed E-state index contributed by atoms with van der Waals surface area (Å²) in [5.74, 6) is -0.0175. The first kappa shape index (κ1) is 26.0. The van der Waals surface area contributed by atoms with Crippen molar-refractivity contribution >= 4 is 33.4 Å². The van der Waals surface area contributed by atoms with E-state index in [0.717, 1.165) is 24.3 Å². The van der Waals surface area contributed by atoms with Crippen molar-refractivity contribution in [2.45, 2.75) is 51.9 Å². The van der Waals surface area contributed by atoms with Crippen LogP contribution >= 0.6 is 0 Å². The normalized spacial score (nSPS) is 13.2. The van der Waals surface area contributed by atoms with Crippen LogP contribution in [0.4, 0.5) is 26.3 Å². The fraction of sp³-hybridized carbons (Fsp3) is 0.286. The van der Waals surface area contributed by atoms with E-state index in [0.29, 0.717) is 22.3 Å². The van der Waals surface area contributed by atoms with Crippen molar-refractivity contribution in [1.29, 1.82) is 0 Å². The number of aromatic nitrogens is 2. The third-order valence-corrected chi connectivity index (χ3v) is 6.57. The van der Waals surface area contributed by atoms with Crippen molar-refractivity contribution in [2.24, 2.45) is 0 Å². The van der Waals surface area contributed by atoms with Gasteiger partial charge in [-0.05, 0) is 48.2 Å². The first-order valence-electron chi connectivity index (χ1n) is 12.3. The lowest BCUT2D eigenvalue weighted by Crippen LogP contribution is -2.03. The van der Waals surface area contributed by atoms with Crippen molar-refractivity contribution < 1.29 is 44.0 Å². The van der Waals surface area contributed by atoms with E-state index in [2.05, 4.69) is 9.97 Å². The van der Waals surface area contributed by atoms with Crippen LogP contribution < -0.4 is 0 Å². The summed E-state index contributed by atoms with van der Waals surface area (Å²) in [7, 11) is 0. The number of hydrogen-bond donors (Lipinski definition) is 0. The van der Waals surface area contributed by atoms with Gasteiger partial charge < -0.3 is 17.7 Å². The fourth-order valence-corrected chi connectivity index (χ4v) is 4.73. The van der Waals surface area contributed by atoms with Crippen LogP contribution in [0, 0.1) is 0 Å². The fourth-order valence-electron chi connectivity index (χ4n) is 4.73. The van der Waals surface area contributed by atoms with E-state index in [1.54, 1.807) is 0 Å². The lowest BCUT2D eigenvalue weighted by molar-refractivity contribution is -0.138. The molecule has 4 heterocycles. The number of nitrogens with zero attached hydrogens (tertiary/aromatic N) is 2. The van der Waals surface area contributed by atoms with Crippen LogP contribution in [0.2, 0.25) is 0 Å². The Morgan fingerprint density at radius 1 is 0.575 bits per heavy atom. The number of fused-ring (bicyclic) bond motifs is 3. The summed E-state index contributed by atoms with van der Waals surface area (Å²) in [6.45, 7) is 7.47. The lowest BCUT2D eigenvalue weighted by atomic mass is 10.0. The molecule has 0 N–H and O–H groups in total. The predicted octanol–water partition coefficient (Wildman–Crippen LogP) is 9.93. The van der Waals surface area contributed by atoms with Crippen LogP contribution in [0.15, 0.2) is 54.1 Å². The second-order valence-corrected chi connectivity index (χ2v) is 10.1. The molecule has 208 valence electrons. The number of benzene rings is 2. The van der Waals surface area contributed by atoms with Crippen LogP contribution in [-0.2, 0) is 12.4 Å². The molecule has 0 atom stereocenters. The molecular formula is C28H20F6N2O4. The number of halogens is 6. The maximum absolute atomic E-state index is 13.2. The zero-order valence-corrected chi connectivity index (χ0v) is 21.4. The minimum absolute atomic E-state index is 0.0118. The Morgan fingerprint density at radius 3 is 1.27 bits per heavy atom. The highest BCUT2D eigenvalue weighted by Crippen LogP contribution is 2.47. The summed E-state index contributed by atoms with van der Waals surface area (Å²) in [4.78, 5) is 8.69. The Balaban J connectivity index is 1.52. The van der Waals surface area contributed by atoms with Gasteiger partial charge in [0, 0.05) is 11.1 Å². The van der Waals surface area contributed by atoms with E-state index in [4.69, 9.17) is 17.7 Å². The van der Waals surface area contributed by atoms with Gasteiger partial charge in [0.2, 0.25) is 0 Å². The van der Waals surface area contributed by atoms with Gasteiger partial charge in [0.1, 0.15) is 11.0 Å². The maximum atomic E-state index is 13.2. The molecule has 0 bridgehead atoms. The summed E-state index contributed by atoms with van der Waals surface area (Å²) >= 11 is 0. The van der Waals surface area contributed by atoms with Gasteiger partial charge in [0.15, 0.2) is 33.9 Å². The van der Waals surface area contributed by atoms with Crippen molar-refractivity contribution in [3.05, 3.63) is 58.7 Å². The molecule has 0 saturated carbocycles. The third-order valence-electron chi connectivity index (χ3n) is 6.57. The Labute approximate surface area is 221 Å². The van der Waals surface area contributed by atoms with Gasteiger partial charge in [0.25, 0.3) is 11.8 Å². The minimum atomic E-state index is -4.55. The molecule has 6 rings (SSSR count). The van der Waals surface area contributed by atoms with Gasteiger partial charge in [-0.2, -0.15) is 26.3 Å². The lowest BCUT2D eigenvalue weighted by Gasteiger charge is -2.05. The van der Waals surface area contributed by atoms with Crippen LogP contribution in [0.25, 0.3) is 56.7 Å². The molecule has 0 aliphatic heterocycles. The second-order valence-electron chi connectivity index (χ2n) is 10.1. The van der Waals surface area contributed by atoms with E-state index in [1.165, 1.54) is 12.1 Å². The summed E-state index contributed by atoms with van der Waals surface area (Å²) < 4.78 is 103. The van der Waals surface area contributed by atoms with Crippen molar-refractivity contribution in [1.82, 2.24) is 9.97 Å². The largest absolute Gasteiger partial charge is 0.447 e. The molecular weight excluding hydrogens is 542 g/mol. The van der Waals surface area contributed by atoms with Crippen molar-refractivity contribution in [2.75, 3.05) is 0 Å². The molecule has 6 nitrogen and oxygen atoms in total. The number of oxazole rings is 2. The molecule has 0 aliphatic carbocycles. The average Bonchev–Trinajstić information content (AvgIpc) is 3.60. The Morgan fingerprint density at radius 2 is 0.950 bits per heavy atom. The molecule has 6 aromatic rings. The third kappa shape index (κ3) is 4.13. The van der Waals surface area contributed by atoms with Crippen molar-refractivity contribution in [3.63, 3.8) is 0 Å². The number of alkyl halides is 6. The monoisotopic (exact) mass is 562 g/mol. The molecule has 2 aromatic carbocycles. The highest BCUT2D eigenvalue weighted by molar-refractivity contribution is 5.91. The minimum Gasteiger partial charge on any atom is -0.447 e. The summed E-state index contributed by atoms with van der Waals surface area (Å²) in [5, 5.41) is 0. The molecule has 0 saturated heterocycles. The smallest absolute Gasteiger partial charge is 0.416 e. The molecule has 0 amide bonds. The van der Waals surface area contributed by atoms with Gasteiger partial charge in [-0.3, -0.25) is 0 Å². The maximum Gasteiger partial charge on any atom is 0.416 e. The zero-order valence-electron chi connectivity index (χ0n) is 21.4. The SMILES string of the molecule is CC(C)c1c(-c2nc3ccc(C(F)(F)F)cc3o2)oc2c(C(C)C)c(-c3nc4ccc(C(F)(F)F)cc4o3)oc12. The highest BCUT2D eigenvalue weighted by Gasteiger charge is 2.35. The molecule has 0 aliphatic rings. The van der Waals surface area contributed by atoms with Crippen LogP contribution in [0.3, 0.4) is 0 Å². The van der Waals surface area contributed by atoms with Gasteiger partial charge in [-0.25, -0.2) is 9.97 Å². The first-order valence-corrected chi connectivity index (χ1v) is 12.3. The van der Waals surface area contributed by atoms with Gasteiger partial charge in [-0.15, -0.1) is 0 Å². The molecule has 12 heteroatoms. The van der Waals surface area contributed by atoms with Gasteiger partial charge in [0.05, 0.1) is 11.1 Å². The Bertz CT molecular complexity index is 1760. The Hall–Kier alpha value is -4.22. The molecule has 0 spiro atoms. The van der Waals surface area contributed by atoms with E-state index < -0.39 is 23.5 Å². The molecule has 4 aromatic heterocycles. The first-order chi connectivity index (χ1) is 18.7. The zero-order chi connectivity index (χ0) is 28.7. The summed E-state index contributed by atoms with van der Waals surface area (Å²) in [6.07, 6.45) is -9.09. The quantitative estimate of drug-likeness (QED) is 0.199. The van der Waals surface area contributed by atoms with E-state index >= 15 is 0 Å². The van der Waals surface area contributed by atoms with E-state index in [9.17, 15) is 26.3 Å². The van der Waals surface area contributed by atoms with Gasteiger partial charge >= 0.3 is 12.4 Å². The average molecular weight is 562 g/mol. The molecule has 40 heavy (non-hydrogen) atoms. The second kappa shape index (κ2) is 8.64. The molecule has 0 unspecified atom stereocenters. The Kier molecular flexibility index (Phi) is 5.62. The number of hydrogen-bond acceptors (Lipinski definition) is 6. The molecule has 0 fully saturated rings.